The highest BCUT2D eigenvalue weighted by molar-refractivity contribution is 6.05. The largest absolute Gasteiger partial charge is 0.379 e. The third-order valence-corrected chi connectivity index (χ3v) is 6.15. The number of morpholine rings is 1. The Morgan fingerprint density at radius 2 is 1.75 bits per heavy atom. The van der Waals surface area contributed by atoms with Crippen molar-refractivity contribution in [1.29, 1.82) is 0 Å². The van der Waals surface area contributed by atoms with Crippen LogP contribution in [0.4, 0.5) is 11.4 Å². The van der Waals surface area contributed by atoms with Gasteiger partial charge in [0.2, 0.25) is 5.91 Å². The van der Waals surface area contributed by atoms with E-state index in [-0.39, 0.29) is 5.91 Å². The lowest BCUT2D eigenvalue weighted by Crippen LogP contribution is -2.41. The van der Waals surface area contributed by atoms with E-state index in [4.69, 9.17) is 4.74 Å². The quantitative estimate of drug-likeness (QED) is 0.404. The van der Waals surface area contributed by atoms with Crippen molar-refractivity contribution in [3.8, 4) is 11.1 Å². The van der Waals surface area contributed by atoms with Crippen molar-refractivity contribution in [3.63, 3.8) is 0 Å². The summed E-state index contributed by atoms with van der Waals surface area (Å²) < 4.78 is 5.44. The van der Waals surface area contributed by atoms with Gasteiger partial charge in [0.25, 0.3) is 0 Å². The third-order valence-electron chi connectivity index (χ3n) is 6.15. The number of carbonyl (C=O) groups excluding carboxylic acids is 1. The van der Waals surface area contributed by atoms with Gasteiger partial charge < -0.3 is 15.0 Å². The zero-order valence-electron chi connectivity index (χ0n) is 21.8. The van der Waals surface area contributed by atoms with Crippen LogP contribution in [-0.4, -0.2) is 62.6 Å². The van der Waals surface area contributed by atoms with Gasteiger partial charge >= 0.3 is 0 Å². The van der Waals surface area contributed by atoms with Crippen LogP contribution in [0.15, 0.2) is 47.6 Å². The SMILES string of the molecule is CC(C)CN(CC(C)C)c1ccc(-c2ccccc2C2=NNNN2)cc1NC(=O)CN1CCOCC1. The van der Waals surface area contributed by atoms with Crippen molar-refractivity contribution in [2.24, 2.45) is 16.9 Å². The van der Waals surface area contributed by atoms with Gasteiger partial charge in [0, 0.05) is 31.7 Å². The molecule has 1 saturated heterocycles. The van der Waals surface area contributed by atoms with E-state index in [1.807, 2.05) is 18.2 Å². The van der Waals surface area contributed by atoms with Crippen molar-refractivity contribution in [1.82, 2.24) is 21.4 Å². The van der Waals surface area contributed by atoms with E-state index in [0.717, 1.165) is 54.2 Å². The molecule has 1 amide bonds. The minimum Gasteiger partial charge on any atom is -0.379 e. The van der Waals surface area contributed by atoms with Crippen molar-refractivity contribution >= 4 is 23.1 Å². The van der Waals surface area contributed by atoms with Crippen molar-refractivity contribution in [2.75, 3.05) is 56.2 Å². The Kier molecular flexibility index (Phi) is 8.79. The lowest BCUT2D eigenvalue weighted by molar-refractivity contribution is -0.118. The number of hydrogen-bond acceptors (Lipinski definition) is 8. The Labute approximate surface area is 214 Å². The molecule has 0 bridgehead atoms. The summed E-state index contributed by atoms with van der Waals surface area (Å²) in [6, 6.07) is 14.5. The van der Waals surface area contributed by atoms with E-state index in [1.54, 1.807) is 0 Å². The summed E-state index contributed by atoms with van der Waals surface area (Å²) in [4.78, 5) is 17.7. The molecule has 2 aromatic rings. The van der Waals surface area contributed by atoms with Crippen LogP contribution in [-0.2, 0) is 9.53 Å². The molecule has 4 rings (SSSR count). The number of anilines is 2. The van der Waals surface area contributed by atoms with Crippen LogP contribution in [0.1, 0.15) is 33.3 Å². The number of ether oxygens (including phenoxy) is 1. The predicted molar refractivity (Wildman–Crippen MR) is 146 cm³/mol. The molecule has 0 radical (unpaired) electrons. The Hall–Kier alpha value is -3.14. The van der Waals surface area contributed by atoms with Gasteiger partial charge in [-0.3, -0.25) is 15.1 Å². The van der Waals surface area contributed by atoms with Gasteiger partial charge in [-0.1, -0.05) is 58.0 Å². The van der Waals surface area contributed by atoms with E-state index >= 15 is 0 Å². The van der Waals surface area contributed by atoms with Crippen molar-refractivity contribution in [2.45, 2.75) is 27.7 Å². The maximum absolute atomic E-state index is 13.2. The summed E-state index contributed by atoms with van der Waals surface area (Å²) in [5.74, 6) is 1.70. The predicted octanol–water partition coefficient (Wildman–Crippen LogP) is 3.02. The monoisotopic (exact) mass is 493 g/mol. The number of nitrogens with one attached hydrogen (secondary N) is 4. The average molecular weight is 494 g/mol. The summed E-state index contributed by atoms with van der Waals surface area (Å²) >= 11 is 0. The number of amidine groups is 1. The molecule has 4 N–H and O–H groups in total. The standard InChI is InChI=1S/C27H39N7O2/c1-19(2)16-34(17-20(3)4)25-10-9-21(22-7-5-6-8-23(22)27-29-31-32-30-27)15-24(25)28-26(35)18-33-11-13-36-14-12-33/h5-10,15,19-20,31-32H,11-14,16-18H2,1-4H3,(H,28,35)(H,29,30). The van der Waals surface area contributed by atoms with Crippen LogP contribution in [0, 0.1) is 11.8 Å². The van der Waals surface area contributed by atoms with Gasteiger partial charge in [0.15, 0.2) is 5.84 Å². The minimum absolute atomic E-state index is 0.00661. The lowest BCUT2D eigenvalue weighted by Gasteiger charge is -2.31. The Morgan fingerprint density at radius 3 is 2.39 bits per heavy atom. The van der Waals surface area contributed by atoms with Gasteiger partial charge in [-0.2, -0.15) is 0 Å². The highest BCUT2D eigenvalue weighted by atomic mass is 16.5. The fourth-order valence-electron chi connectivity index (χ4n) is 4.65. The molecule has 36 heavy (non-hydrogen) atoms. The van der Waals surface area contributed by atoms with Gasteiger partial charge in [-0.25, -0.2) is 5.53 Å². The molecule has 0 saturated carbocycles. The molecule has 9 nitrogen and oxygen atoms in total. The molecule has 0 spiro atoms. The average Bonchev–Trinajstić information content (AvgIpc) is 3.38. The number of hydrogen-bond donors (Lipinski definition) is 4. The molecule has 2 aromatic carbocycles. The van der Waals surface area contributed by atoms with E-state index in [9.17, 15) is 4.79 Å². The first-order chi connectivity index (χ1) is 17.4. The number of amides is 1. The van der Waals surface area contributed by atoms with Crippen LogP contribution < -0.4 is 26.7 Å². The van der Waals surface area contributed by atoms with Gasteiger partial charge in [0.05, 0.1) is 31.1 Å². The second kappa shape index (κ2) is 12.2. The first-order valence-electron chi connectivity index (χ1n) is 12.8. The molecule has 194 valence electrons. The van der Waals surface area contributed by atoms with Crippen LogP contribution in [0.2, 0.25) is 0 Å². The number of benzene rings is 2. The highest BCUT2D eigenvalue weighted by Crippen LogP contribution is 2.34. The second-order valence-electron chi connectivity index (χ2n) is 10.2. The smallest absolute Gasteiger partial charge is 0.238 e. The van der Waals surface area contributed by atoms with E-state index < -0.39 is 0 Å². The molecule has 0 atom stereocenters. The maximum Gasteiger partial charge on any atom is 0.238 e. The Balaban J connectivity index is 1.69. The zero-order chi connectivity index (χ0) is 25.5. The molecule has 2 heterocycles. The first kappa shape index (κ1) is 25.9. The summed E-state index contributed by atoms with van der Waals surface area (Å²) in [6.45, 7) is 14.0. The molecule has 0 aliphatic carbocycles. The lowest BCUT2D eigenvalue weighted by atomic mass is 9.97. The highest BCUT2D eigenvalue weighted by Gasteiger charge is 2.20. The van der Waals surface area contributed by atoms with Gasteiger partial charge in [0.1, 0.15) is 0 Å². The molecule has 0 aromatic heterocycles. The second-order valence-corrected chi connectivity index (χ2v) is 10.2. The Morgan fingerprint density at radius 1 is 1.06 bits per heavy atom. The van der Waals surface area contributed by atoms with Crippen molar-refractivity contribution < 1.29 is 9.53 Å². The number of carbonyl (C=O) groups is 1. The fourth-order valence-corrected chi connectivity index (χ4v) is 4.65. The van der Waals surface area contributed by atoms with Crippen LogP contribution in [0.5, 0.6) is 0 Å². The van der Waals surface area contributed by atoms with E-state index in [2.05, 4.69) is 88.7 Å². The van der Waals surface area contributed by atoms with Crippen molar-refractivity contribution in [3.05, 3.63) is 48.0 Å². The molecule has 2 aliphatic rings. The Bertz CT molecular complexity index is 1050. The van der Waals surface area contributed by atoms with Crippen LogP contribution in [0.25, 0.3) is 11.1 Å². The third kappa shape index (κ3) is 6.75. The maximum atomic E-state index is 13.2. The number of hydrazine groups is 2. The summed E-state index contributed by atoms with van der Waals surface area (Å²) in [6.07, 6.45) is 0. The first-order valence-corrected chi connectivity index (χ1v) is 12.8. The van der Waals surface area contributed by atoms with E-state index in [1.165, 1.54) is 0 Å². The summed E-state index contributed by atoms with van der Waals surface area (Å²) in [5.41, 5.74) is 13.5. The summed E-state index contributed by atoms with van der Waals surface area (Å²) in [5, 5.41) is 7.54. The number of hydrazone groups is 1. The molecular weight excluding hydrogens is 454 g/mol. The number of nitrogens with zero attached hydrogens (tertiary/aromatic N) is 3. The fraction of sp³-hybridized carbons (Fsp3) is 0.481. The zero-order valence-corrected chi connectivity index (χ0v) is 21.8. The topological polar surface area (TPSA) is 93.3 Å². The molecule has 2 aliphatic heterocycles. The molecular formula is C27H39N7O2. The summed E-state index contributed by atoms with van der Waals surface area (Å²) in [7, 11) is 0. The van der Waals surface area contributed by atoms with Crippen LogP contribution in [0.3, 0.4) is 0 Å². The minimum atomic E-state index is -0.00661. The van der Waals surface area contributed by atoms with Gasteiger partial charge in [-0.15, -0.1) is 10.6 Å². The van der Waals surface area contributed by atoms with Crippen LogP contribution >= 0.6 is 0 Å². The molecule has 1 fully saturated rings. The molecule has 0 unspecified atom stereocenters. The molecule has 9 heteroatoms. The van der Waals surface area contributed by atoms with E-state index in [0.29, 0.717) is 37.4 Å². The number of rotatable bonds is 10. The normalized spacial score (nSPS) is 16.0. The van der Waals surface area contributed by atoms with Gasteiger partial charge in [-0.05, 0) is 35.1 Å².